The van der Waals surface area contributed by atoms with E-state index in [0.29, 0.717) is 39.1 Å². The van der Waals surface area contributed by atoms with Crippen LogP contribution in [0.3, 0.4) is 0 Å². The van der Waals surface area contributed by atoms with Crippen molar-refractivity contribution in [2.45, 2.75) is 24.4 Å². The number of aliphatic hydroxyl groups is 1. The van der Waals surface area contributed by atoms with Gasteiger partial charge in [-0.1, -0.05) is 30.3 Å². The van der Waals surface area contributed by atoms with E-state index in [-0.39, 0.29) is 30.3 Å². The van der Waals surface area contributed by atoms with Crippen LogP contribution in [-0.4, -0.2) is 50.0 Å². The molecule has 5 nitrogen and oxygen atoms in total. The van der Waals surface area contributed by atoms with E-state index in [1.54, 1.807) is 0 Å². The summed E-state index contributed by atoms with van der Waals surface area (Å²) in [5.74, 6) is 0.151. The second kappa shape index (κ2) is 8.11. The van der Waals surface area contributed by atoms with Gasteiger partial charge < -0.3 is 20.5 Å². The molecule has 0 radical (unpaired) electrons. The lowest BCUT2D eigenvalue weighted by atomic mass is 9.73. The van der Waals surface area contributed by atoms with E-state index in [1.165, 1.54) is 0 Å². The van der Waals surface area contributed by atoms with Crippen molar-refractivity contribution in [2.24, 2.45) is 5.92 Å². The SMILES string of the molecule is Cl.O=C(NCC1CNCC1O)C1(c2ccccc2)CCOCC1. The molecule has 2 unspecified atom stereocenters. The van der Waals surface area contributed by atoms with Crippen molar-refractivity contribution >= 4 is 18.3 Å². The quantitative estimate of drug-likeness (QED) is 0.760. The summed E-state index contributed by atoms with van der Waals surface area (Å²) in [5, 5.41) is 16.1. The number of carbonyl (C=O) groups is 1. The molecule has 0 saturated carbocycles. The van der Waals surface area contributed by atoms with Crippen LogP contribution in [0.2, 0.25) is 0 Å². The number of hydrogen-bond acceptors (Lipinski definition) is 4. The Morgan fingerprint density at radius 3 is 2.57 bits per heavy atom. The summed E-state index contributed by atoms with van der Waals surface area (Å²) in [6.07, 6.45) is 1.03. The molecule has 1 amide bonds. The molecule has 0 aromatic heterocycles. The lowest BCUT2D eigenvalue weighted by molar-refractivity contribution is -0.130. The Labute approximate surface area is 143 Å². The molecule has 3 rings (SSSR count). The molecular formula is C17H25ClN2O3. The Morgan fingerprint density at radius 1 is 1.26 bits per heavy atom. The molecule has 0 spiro atoms. The molecule has 0 bridgehead atoms. The van der Waals surface area contributed by atoms with Gasteiger partial charge in [0, 0.05) is 38.8 Å². The van der Waals surface area contributed by atoms with Gasteiger partial charge in [0.05, 0.1) is 11.5 Å². The fourth-order valence-electron chi connectivity index (χ4n) is 3.44. The Bertz CT molecular complexity index is 506. The Balaban J connectivity index is 0.00000192. The van der Waals surface area contributed by atoms with Crippen LogP contribution in [0.5, 0.6) is 0 Å². The van der Waals surface area contributed by atoms with Crippen LogP contribution in [0.4, 0.5) is 0 Å². The van der Waals surface area contributed by atoms with Gasteiger partial charge >= 0.3 is 0 Å². The highest BCUT2D eigenvalue weighted by Gasteiger charge is 2.41. The van der Waals surface area contributed by atoms with Crippen molar-refractivity contribution in [1.82, 2.24) is 10.6 Å². The Hall–Kier alpha value is -1.14. The maximum Gasteiger partial charge on any atom is 0.230 e. The van der Waals surface area contributed by atoms with E-state index >= 15 is 0 Å². The van der Waals surface area contributed by atoms with Gasteiger partial charge in [-0.2, -0.15) is 0 Å². The molecule has 2 heterocycles. The van der Waals surface area contributed by atoms with Crippen LogP contribution in [0.1, 0.15) is 18.4 Å². The highest BCUT2D eigenvalue weighted by molar-refractivity contribution is 5.88. The second-order valence-electron chi connectivity index (χ2n) is 6.26. The normalized spacial score (nSPS) is 26.3. The van der Waals surface area contributed by atoms with E-state index in [2.05, 4.69) is 10.6 Å². The van der Waals surface area contributed by atoms with E-state index in [1.807, 2.05) is 30.3 Å². The van der Waals surface area contributed by atoms with Crippen LogP contribution >= 0.6 is 12.4 Å². The monoisotopic (exact) mass is 340 g/mol. The molecule has 1 aromatic carbocycles. The number of rotatable bonds is 4. The van der Waals surface area contributed by atoms with Crippen molar-refractivity contribution in [1.29, 1.82) is 0 Å². The largest absolute Gasteiger partial charge is 0.391 e. The maximum absolute atomic E-state index is 12.9. The predicted molar refractivity (Wildman–Crippen MR) is 90.8 cm³/mol. The average molecular weight is 341 g/mol. The van der Waals surface area contributed by atoms with Crippen LogP contribution in [0.25, 0.3) is 0 Å². The zero-order valence-electron chi connectivity index (χ0n) is 13.2. The summed E-state index contributed by atoms with van der Waals surface area (Å²) in [5.41, 5.74) is 0.553. The van der Waals surface area contributed by atoms with E-state index in [0.717, 1.165) is 12.1 Å². The van der Waals surface area contributed by atoms with E-state index < -0.39 is 5.41 Å². The zero-order valence-corrected chi connectivity index (χ0v) is 14.0. The molecular weight excluding hydrogens is 316 g/mol. The molecule has 2 aliphatic heterocycles. The van der Waals surface area contributed by atoms with Gasteiger partial charge in [0.25, 0.3) is 0 Å². The van der Waals surface area contributed by atoms with Crippen molar-refractivity contribution < 1.29 is 14.6 Å². The predicted octanol–water partition coefficient (Wildman–Crippen LogP) is 0.853. The maximum atomic E-state index is 12.9. The molecule has 23 heavy (non-hydrogen) atoms. The average Bonchev–Trinajstić information content (AvgIpc) is 2.99. The van der Waals surface area contributed by atoms with Gasteiger partial charge in [0.1, 0.15) is 0 Å². The van der Waals surface area contributed by atoms with Gasteiger partial charge in [-0.25, -0.2) is 0 Å². The lowest BCUT2D eigenvalue weighted by Gasteiger charge is -2.36. The third kappa shape index (κ3) is 3.86. The molecule has 2 atom stereocenters. The first-order valence-corrected chi connectivity index (χ1v) is 8.03. The van der Waals surface area contributed by atoms with Crippen molar-refractivity contribution in [3.63, 3.8) is 0 Å². The number of amides is 1. The first kappa shape index (κ1) is 18.2. The number of ether oxygens (including phenoxy) is 1. The second-order valence-corrected chi connectivity index (χ2v) is 6.26. The molecule has 2 fully saturated rings. The number of β-amino-alcohol motifs (C(OH)–C–C–N with tert-alkyl or cyclic N) is 1. The van der Waals surface area contributed by atoms with E-state index in [9.17, 15) is 9.90 Å². The third-order valence-corrected chi connectivity index (χ3v) is 4.94. The topological polar surface area (TPSA) is 70.6 Å². The minimum Gasteiger partial charge on any atom is -0.391 e. The number of benzene rings is 1. The molecule has 2 saturated heterocycles. The number of nitrogens with one attached hydrogen (secondary N) is 2. The Morgan fingerprint density at radius 2 is 1.96 bits per heavy atom. The molecule has 1 aromatic rings. The first-order valence-electron chi connectivity index (χ1n) is 8.03. The zero-order chi connectivity index (χ0) is 15.4. The summed E-state index contributed by atoms with van der Waals surface area (Å²) in [4.78, 5) is 12.9. The van der Waals surface area contributed by atoms with Crippen LogP contribution in [0, 0.1) is 5.92 Å². The van der Waals surface area contributed by atoms with Crippen molar-refractivity contribution in [3.05, 3.63) is 35.9 Å². The minimum absolute atomic E-state index is 0. The van der Waals surface area contributed by atoms with Gasteiger partial charge in [0.15, 0.2) is 0 Å². The fourth-order valence-corrected chi connectivity index (χ4v) is 3.44. The first-order chi connectivity index (χ1) is 10.7. The van der Waals surface area contributed by atoms with E-state index in [4.69, 9.17) is 4.74 Å². The highest BCUT2D eigenvalue weighted by atomic mass is 35.5. The molecule has 128 valence electrons. The summed E-state index contributed by atoms with van der Waals surface area (Å²) >= 11 is 0. The third-order valence-electron chi connectivity index (χ3n) is 4.94. The van der Waals surface area contributed by atoms with Crippen molar-refractivity contribution in [2.75, 3.05) is 32.8 Å². The van der Waals surface area contributed by atoms with Crippen molar-refractivity contribution in [3.8, 4) is 0 Å². The summed E-state index contributed by atoms with van der Waals surface area (Å²) in [6.45, 7) is 3.09. The molecule has 3 N–H and O–H groups in total. The molecule has 0 aliphatic carbocycles. The van der Waals surface area contributed by atoms with Gasteiger partial charge in [-0.05, 0) is 18.4 Å². The Kier molecular flexibility index (Phi) is 6.41. The molecule has 6 heteroatoms. The fraction of sp³-hybridized carbons (Fsp3) is 0.588. The van der Waals surface area contributed by atoms with Crippen LogP contribution in [0.15, 0.2) is 30.3 Å². The van der Waals surface area contributed by atoms with Gasteiger partial charge in [-0.3, -0.25) is 4.79 Å². The number of carbonyl (C=O) groups excluding carboxylic acids is 1. The standard InChI is InChI=1S/C17H24N2O3.ClH/c20-15-12-18-10-13(15)11-19-16(21)17(6-8-22-9-7-17)14-4-2-1-3-5-14;/h1-5,13,15,18,20H,6-12H2,(H,19,21);1H. The number of aliphatic hydroxyl groups excluding tert-OH is 1. The van der Waals surface area contributed by atoms with Gasteiger partial charge in [-0.15, -0.1) is 12.4 Å². The summed E-state index contributed by atoms with van der Waals surface area (Å²) in [6, 6.07) is 9.97. The summed E-state index contributed by atoms with van der Waals surface area (Å²) < 4.78 is 5.46. The summed E-state index contributed by atoms with van der Waals surface area (Å²) in [7, 11) is 0. The lowest BCUT2D eigenvalue weighted by Crippen LogP contribution is -2.49. The molecule has 2 aliphatic rings. The van der Waals surface area contributed by atoms with Crippen LogP contribution in [-0.2, 0) is 14.9 Å². The highest BCUT2D eigenvalue weighted by Crippen LogP contribution is 2.35. The number of hydrogen-bond donors (Lipinski definition) is 3. The minimum atomic E-state index is -0.503. The van der Waals surface area contributed by atoms with Crippen LogP contribution < -0.4 is 10.6 Å². The number of halogens is 1. The smallest absolute Gasteiger partial charge is 0.230 e. The van der Waals surface area contributed by atoms with Gasteiger partial charge in [0.2, 0.25) is 5.91 Å².